The van der Waals surface area contributed by atoms with Crippen LogP contribution in [-0.2, 0) is 16.1 Å². The molecule has 0 aliphatic heterocycles. The number of nitrogens with one attached hydrogen (secondary N) is 1. The van der Waals surface area contributed by atoms with Crippen LogP contribution in [0.1, 0.15) is 18.1 Å². The smallest absolute Gasteiger partial charge is 0.322 e. The van der Waals surface area contributed by atoms with Crippen molar-refractivity contribution >= 4 is 11.9 Å². The first kappa shape index (κ1) is 15.2. The van der Waals surface area contributed by atoms with E-state index in [-0.39, 0.29) is 19.0 Å². The maximum Gasteiger partial charge on any atom is 0.322 e. The number of carbonyl (C=O) groups is 2. The molecule has 0 aliphatic rings. The first-order chi connectivity index (χ1) is 9.02. The number of hydrogen-bond acceptors (Lipinski definition) is 3. The Hall–Kier alpha value is -1.88. The second kappa shape index (κ2) is 7.53. The molecule has 0 bridgehead atoms. The lowest BCUT2D eigenvalue weighted by Gasteiger charge is -2.20. The zero-order chi connectivity index (χ0) is 14.3. The normalized spacial score (nSPS) is 10.5. The molecule has 2 N–H and O–H groups in total. The molecule has 5 heteroatoms. The Labute approximate surface area is 113 Å². The van der Waals surface area contributed by atoms with E-state index >= 15 is 0 Å². The van der Waals surface area contributed by atoms with Crippen molar-refractivity contribution in [3.05, 3.63) is 35.4 Å². The van der Waals surface area contributed by atoms with Crippen LogP contribution in [0.15, 0.2) is 24.3 Å². The van der Waals surface area contributed by atoms with E-state index in [9.17, 15) is 9.59 Å². The third-order valence-corrected chi connectivity index (χ3v) is 2.91. The number of hydrogen-bond donors (Lipinski definition) is 2. The van der Waals surface area contributed by atoms with E-state index in [2.05, 4.69) is 5.32 Å². The number of aliphatic carboxylic acids is 1. The fraction of sp³-hybridized carbons (Fsp3) is 0.429. The second-order valence-corrected chi connectivity index (χ2v) is 4.40. The van der Waals surface area contributed by atoms with Crippen LogP contribution in [0, 0.1) is 6.92 Å². The Morgan fingerprint density at radius 3 is 2.58 bits per heavy atom. The number of likely N-dealkylation sites (N-methyl/N-ethyl adjacent to an activating group) is 1. The van der Waals surface area contributed by atoms with Crippen LogP contribution >= 0.6 is 0 Å². The quantitative estimate of drug-likeness (QED) is 0.771. The van der Waals surface area contributed by atoms with E-state index in [1.165, 1.54) is 11.1 Å². The fourth-order valence-electron chi connectivity index (χ4n) is 1.74. The topological polar surface area (TPSA) is 69.6 Å². The number of benzene rings is 1. The predicted octanol–water partition coefficient (Wildman–Crippen LogP) is 1.02. The molecule has 0 aliphatic carbocycles. The van der Waals surface area contributed by atoms with Crippen molar-refractivity contribution in [2.45, 2.75) is 20.4 Å². The summed E-state index contributed by atoms with van der Waals surface area (Å²) in [4.78, 5) is 23.9. The predicted molar refractivity (Wildman–Crippen MR) is 72.8 cm³/mol. The van der Waals surface area contributed by atoms with Crippen molar-refractivity contribution in [1.29, 1.82) is 0 Å². The molecule has 1 amide bonds. The van der Waals surface area contributed by atoms with Crippen LogP contribution in [0.5, 0.6) is 0 Å². The van der Waals surface area contributed by atoms with Crippen molar-refractivity contribution in [1.82, 2.24) is 10.2 Å². The van der Waals surface area contributed by atoms with E-state index in [1.54, 1.807) is 0 Å². The van der Waals surface area contributed by atoms with Gasteiger partial charge in [0.2, 0.25) is 5.91 Å². The van der Waals surface area contributed by atoms with Crippen molar-refractivity contribution in [3.63, 3.8) is 0 Å². The highest BCUT2D eigenvalue weighted by molar-refractivity contribution is 5.82. The second-order valence-electron chi connectivity index (χ2n) is 4.40. The van der Waals surface area contributed by atoms with E-state index in [0.717, 1.165) is 6.54 Å². The van der Waals surface area contributed by atoms with Crippen LogP contribution in [-0.4, -0.2) is 41.5 Å². The first-order valence-electron chi connectivity index (χ1n) is 6.28. The number of carboxylic acids is 1. The zero-order valence-electron chi connectivity index (χ0n) is 11.3. The lowest BCUT2D eigenvalue weighted by atomic mass is 10.1. The van der Waals surface area contributed by atoms with Gasteiger partial charge in [-0.2, -0.15) is 0 Å². The average molecular weight is 264 g/mol. The Bertz CT molecular complexity index is 446. The molecule has 0 spiro atoms. The van der Waals surface area contributed by atoms with E-state index < -0.39 is 5.97 Å². The minimum atomic E-state index is -1.03. The molecule has 0 aromatic heterocycles. The van der Waals surface area contributed by atoms with Gasteiger partial charge in [-0.15, -0.1) is 0 Å². The Morgan fingerprint density at radius 2 is 2.00 bits per heavy atom. The Balaban J connectivity index is 2.52. The lowest BCUT2D eigenvalue weighted by Crippen LogP contribution is -2.39. The molecule has 1 aromatic carbocycles. The number of carboxylic acid groups (broad SMARTS) is 1. The van der Waals surface area contributed by atoms with E-state index in [1.807, 2.05) is 43.0 Å². The highest BCUT2D eigenvalue weighted by atomic mass is 16.4. The van der Waals surface area contributed by atoms with Crippen LogP contribution in [0.3, 0.4) is 0 Å². The van der Waals surface area contributed by atoms with Crippen LogP contribution in [0.2, 0.25) is 0 Å². The van der Waals surface area contributed by atoms with Gasteiger partial charge in [-0.1, -0.05) is 31.2 Å². The summed E-state index contributed by atoms with van der Waals surface area (Å²) in [6.45, 7) is 5.30. The van der Waals surface area contributed by atoms with E-state index in [4.69, 9.17) is 5.11 Å². The molecular weight excluding hydrogens is 244 g/mol. The van der Waals surface area contributed by atoms with Crippen LogP contribution in [0.4, 0.5) is 0 Å². The summed E-state index contributed by atoms with van der Waals surface area (Å²) in [7, 11) is 0. The summed E-state index contributed by atoms with van der Waals surface area (Å²) in [5, 5.41) is 10.9. The largest absolute Gasteiger partial charge is 0.480 e. The summed E-state index contributed by atoms with van der Waals surface area (Å²) in [6.07, 6.45) is 0. The summed E-state index contributed by atoms with van der Waals surface area (Å²) < 4.78 is 0. The zero-order valence-corrected chi connectivity index (χ0v) is 11.3. The number of amides is 1. The molecular formula is C14H20N2O3. The van der Waals surface area contributed by atoms with Crippen LogP contribution < -0.4 is 5.32 Å². The maximum atomic E-state index is 11.6. The molecule has 0 unspecified atom stereocenters. The molecule has 1 rings (SSSR count). The maximum absolute atomic E-state index is 11.6. The number of nitrogens with zero attached hydrogens (tertiary/aromatic N) is 1. The average Bonchev–Trinajstić information content (AvgIpc) is 2.38. The Kier molecular flexibility index (Phi) is 6.02. The van der Waals surface area contributed by atoms with Gasteiger partial charge < -0.3 is 10.4 Å². The van der Waals surface area contributed by atoms with Gasteiger partial charge in [0, 0.05) is 6.54 Å². The molecule has 19 heavy (non-hydrogen) atoms. The van der Waals surface area contributed by atoms with Gasteiger partial charge >= 0.3 is 5.97 Å². The van der Waals surface area contributed by atoms with Crippen molar-refractivity contribution < 1.29 is 14.7 Å². The summed E-state index contributed by atoms with van der Waals surface area (Å²) in [6, 6.07) is 8.02. The van der Waals surface area contributed by atoms with Crippen molar-refractivity contribution in [2.75, 3.05) is 19.6 Å². The van der Waals surface area contributed by atoms with Crippen LogP contribution in [0.25, 0.3) is 0 Å². The minimum Gasteiger partial charge on any atom is -0.480 e. The summed E-state index contributed by atoms with van der Waals surface area (Å²) in [5.74, 6) is -1.30. The highest BCUT2D eigenvalue weighted by Crippen LogP contribution is 2.09. The minimum absolute atomic E-state index is 0.206. The van der Waals surface area contributed by atoms with Gasteiger partial charge in [-0.3, -0.25) is 14.5 Å². The SMILES string of the molecule is CCN(CC(=O)NCC(=O)O)Cc1ccccc1C. The van der Waals surface area contributed by atoms with Crippen molar-refractivity contribution in [3.8, 4) is 0 Å². The fourth-order valence-corrected chi connectivity index (χ4v) is 1.74. The molecule has 0 saturated heterocycles. The third-order valence-electron chi connectivity index (χ3n) is 2.91. The van der Waals surface area contributed by atoms with Gasteiger partial charge in [-0.25, -0.2) is 0 Å². The molecule has 0 fully saturated rings. The van der Waals surface area contributed by atoms with Gasteiger partial charge in [0.1, 0.15) is 6.54 Å². The summed E-state index contributed by atoms with van der Waals surface area (Å²) in [5.41, 5.74) is 2.36. The lowest BCUT2D eigenvalue weighted by molar-refractivity contribution is -0.138. The number of aryl methyl sites for hydroxylation is 1. The van der Waals surface area contributed by atoms with Crippen molar-refractivity contribution in [2.24, 2.45) is 0 Å². The van der Waals surface area contributed by atoms with Gasteiger partial charge in [0.15, 0.2) is 0 Å². The van der Waals surface area contributed by atoms with Gasteiger partial charge in [0.05, 0.1) is 6.54 Å². The monoisotopic (exact) mass is 264 g/mol. The molecule has 5 nitrogen and oxygen atoms in total. The molecule has 0 radical (unpaired) electrons. The summed E-state index contributed by atoms with van der Waals surface area (Å²) >= 11 is 0. The molecule has 0 saturated carbocycles. The highest BCUT2D eigenvalue weighted by Gasteiger charge is 2.11. The molecule has 0 atom stereocenters. The van der Waals surface area contributed by atoms with Gasteiger partial charge in [0.25, 0.3) is 0 Å². The Morgan fingerprint density at radius 1 is 1.32 bits per heavy atom. The molecule has 104 valence electrons. The number of carbonyl (C=O) groups excluding carboxylic acids is 1. The van der Waals surface area contributed by atoms with E-state index in [0.29, 0.717) is 6.54 Å². The standard InChI is InChI=1S/C14H20N2O3/c1-3-16(10-13(17)15-8-14(18)19)9-12-7-5-4-6-11(12)2/h4-7H,3,8-10H2,1-2H3,(H,15,17)(H,18,19). The third kappa shape index (κ3) is 5.52. The molecule has 1 aromatic rings. The van der Waals surface area contributed by atoms with Gasteiger partial charge in [-0.05, 0) is 24.6 Å². The first-order valence-corrected chi connectivity index (χ1v) is 6.28. The molecule has 0 heterocycles. The number of rotatable bonds is 7.